The predicted octanol–water partition coefficient (Wildman–Crippen LogP) is 3.92. The number of ether oxygens (including phenoxy) is 1. The molecule has 1 fully saturated rings. The SMILES string of the molecule is Br.COc1ccccc1N1CCN(C(N)CCc2nc3ccccc3s2)CC1. The molecule has 4 rings (SSSR count). The number of hydrogen-bond donors (Lipinski definition) is 1. The standard InChI is InChI=1S/C21H26N4OS.BrH/c1-26-18-8-4-3-7-17(18)24-12-14-25(15-13-24)20(22)10-11-21-23-16-6-2-5-9-19(16)27-21;/h2-9,20H,10-15,22H2,1H3;1H. The molecule has 2 heterocycles. The second-order valence-electron chi connectivity index (χ2n) is 6.88. The van der Waals surface area contributed by atoms with Gasteiger partial charge in [0.25, 0.3) is 0 Å². The van der Waals surface area contributed by atoms with Gasteiger partial charge >= 0.3 is 0 Å². The van der Waals surface area contributed by atoms with Gasteiger partial charge in [0.05, 0.1) is 34.2 Å². The van der Waals surface area contributed by atoms with E-state index in [1.807, 2.05) is 18.2 Å². The summed E-state index contributed by atoms with van der Waals surface area (Å²) in [5.74, 6) is 0.936. The summed E-state index contributed by atoms with van der Waals surface area (Å²) in [6.45, 7) is 3.88. The highest BCUT2D eigenvalue weighted by molar-refractivity contribution is 8.93. The molecule has 0 bridgehead atoms. The van der Waals surface area contributed by atoms with Crippen LogP contribution < -0.4 is 15.4 Å². The third kappa shape index (κ3) is 4.66. The maximum Gasteiger partial charge on any atom is 0.142 e. The highest BCUT2D eigenvalue weighted by atomic mass is 79.9. The average Bonchev–Trinajstić information content (AvgIpc) is 3.15. The van der Waals surface area contributed by atoms with Crippen molar-refractivity contribution in [3.8, 4) is 5.75 Å². The zero-order valence-electron chi connectivity index (χ0n) is 16.1. The van der Waals surface area contributed by atoms with E-state index in [-0.39, 0.29) is 23.1 Å². The fourth-order valence-electron chi connectivity index (χ4n) is 3.67. The van der Waals surface area contributed by atoms with Crippen molar-refractivity contribution in [2.45, 2.75) is 19.0 Å². The molecule has 0 radical (unpaired) electrons. The van der Waals surface area contributed by atoms with Crippen molar-refractivity contribution in [1.29, 1.82) is 0 Å². The minimum atomic E-state index is 0. The first kappa shape index (κ1) is 21.0. The van der Waals surface area contributed by atoms with Gasteiger partial charge in [0, 0.05) is 32.6 Å². The number of hydrogen-bond acceptors (Lipinski definition) is 6. The summed E-state index contributed by atoms with van der Waals surface area (Å²) >= 11 is 1.78. The fraction of sp³-hybridized carbons (Fsp3) is 0.381. The number of rotatable bonds is 6. The van der Waals surface area contributed by atoms with Crippen LogP contribution in [0.5, 0.6) is 5.75 Å². The summed E-state index contributed by atoms with van der Waals surface area (Å²) < 4.78 is 6.76. The normalized spacial score (nSPS) is 16.0. The van der Waals surface area contributed by atoms with Crippen LogP contribution in [0.25, 0.3) is 10.2 Å². The van der Waals surface area contributed by atoms with Crippen LogP contribution in [0.15, 0.2) is 48.5 Å². The Hall–Kier alpha value is -1.67. The van der Waals surface area contributed by atoms with Crippen molar-refractivity contribution < 1.29 is 4.74 Å². The summed E-state index contributed by atoms with van der Waals surface area (Å²) in [7, 11) is 1.73. The molecule has 150 valence electrons. The third-order valence-corrected chi connectivity index (χ3v) is 6.30. The number of fused-ring (bicyclic) bond motifs is 1. The summed E-state index contributed by atoms with van der Waals surface area (Å²) in [4.78, 5) is 9.50. The molecule has 3 aromatic rings. The Morgan fingerprint density at radius 3 is 2.54 bits per heavy atom. The first-order valence-electron chi connectivity index (χ1n) is 9.46. The van der Waals surface area contributed by atoms with Crippen molar-refractivity contribution in [2.24, 2.45) is 5.73 Å². The van der Waals surface area contributed by atoms with Gasteiger partial charge in [-0.15, -0.1) is 28.3 Å². The molecular formula is C21H27BrN4OS. The zero-order chi connectivity index (χ0) is 18.6. The number of piperazine rings is 1. The van der Waals surface area contributed by atoms with Gasteiger partial charge in [-0.2, -0.15) is 0 Å². The van der Waals surface area contributed by atoms with Gasteiger partial charge in [0.2, 0.25) is 0 Å². The van der Waals surface area contributed by atoms with Gasteiger partial charge in [-0.1, -0.05) is 24.3 Å². The van der Waals surface area contributed by atoms with Crippen molar-refractivity contribution >= 4 is 44.2 Å². The van der Waals surface area contributed by atoms with Gasteiger partial charge < -0.3 is 15.4 Å². The van der Waals surface area contributed by atoms with E-state index in [0.717, 1.165) is 50.3 Å². The summed E-state index contributed by atoms with van der Waals surface area (Å²) in [6.07, 6.45) is 1.96. The fourth-order valence-corrected chi connectivity index (χ4v) is 4.65. The van der Waals surface area contributed by atoms with E-state index < -0.39 is 0 Å². The molecule has 1 aromatic heterocycles. The molecule has 1 aliphatic rings. The number of nitrogens with zero attached hydrogens (tertiary/aromatic N) is 3. The second-order valence-corrected chi connectivity index (χ2v) is 7.99. The molecule has 1 saturated heterocycles. The number of thiazole rings is 1. The Morgan fingerprint density at radius 2 is 1.79 bits per heavy atom. The lowest BCUT2D eigenvalue weighted by molar-refractivity contribution is 0.180. The molecule has 2 N–H and O–H groups in total. The Labute approximate surface area is 180 Å². The van der Waals surface area contributed by atoms with Gasteiger partial charge in [0.15, 0.2) is 0 Å². The van der Waals surface area contributed by atoms with E-state index in [0.29, 0.717) is 0 Å². The van der Waals surface area contributed by atoms with Gasteiger partial charge in [-0.3, -0.25) is 4.90 Å². The van der Waals surface area contributed by atoms with Crippen LogP contribution in [0, 0.1) is 0 Å². The number of para-hydroxylation sites is 3. The van der Waals surface area contributed by atoms with E-state index in [1.54, 1.807) is 18.4 Å². The molecule has 0 saturated carbocycles. The van der Waals surface area contributed by atoms with Gasteiger partial charge in [0.1, 0.15) is 5.75 Å². The number of aryl methyl sites for hydroxylation is 1. The van der Waals surface area contributed by atoms with E-state index in [2.05, 4.69) is 40.1 Å². The lowest BCUT2D eigenvalue weighted by Crippen LogP contribution is -2.53. The van der Waals surface area contributed by atoms with E-state index >= 15 is 0 Å². The number of anilines is 1. The molecule has 5 nitrogen and oxygen atoms in total. The second kappa shape index (κ2) is 9.69. The maximum absolute atomic E-state index is 6.49. The Bertz CT molecular complexity index is 862. The van der Waals surface area contributed by atoms with Crippen LogP contribution in [-0.4, -0.2) is 49.3 Å². The monoisotopic (exact) mass is 462 g/mol. The van der Waals surface area contributed by atoms with E-state index in [9.17, 15) is 0 Å². The van der Waals surface area contributed by atoms with Crippen molar-refractivity contribution in [3.63, 3.8) is 0 Å². The number of halogens is 1. The average molecular weight is 463 g/mol. The molecule has 28 heavy (non-hydrogen) atoms. The van der Waals surface area contributed by atoms with E-state index in [1.165, 1.54) is 15.4 Å². The third-order valence-electron chi connectivity index (χ3n) is 5.20. The van der Waals surface area contributed by atoms with E-state index in [4.69, 9.17) is 15.5 Å². The predicted molar refractivity (Wildman–Crippen MR) is 123 cm³/mol. The maximum atomic E-state index is 6.49. The van der Waals surface area contributed by atoms with Crippen LogP contribution in [0.1, 0.15) is 11.4 Å². The highest BCUT2D eigenvalue weighted by Crippen LogP contribution is 2.28. The Balaban J connectivity index is 0.00000225. The van der Waals surface area contributed by atoms with Crippen molar-refractivity contribution in [1.82, 2.24) is 9.88 Å². The molecule has 0 aliphatic carbocycles. The van der Waals surface area contributed by atoms with Crippen molar-refractivity contribution in [2.75, 3.05) is 38.2 Å². The minimum absolute atomic E-state index is 0. The Morgan fingerprint density at radius 1 is 1.07 bits per heavy atom. The first-order valence-corrected chi connectivity index (χ1v) is 10.3. The topological polar surface area (TPSA) is 54.6 Å². The lowest BCUT2D eigenvalue weighted by Gasteiger charge is -2.39. The summed E-state index contributed by atoms with van der Waals surface area (Å²) in [5, 5.41) is 1.18. The minimum Gasteiger partial charge on any atom is -0.495 e. The largest absolute Gasteiger partial charge is 0.495 e. The van der Waals surface area contributed by atoms with Crippen LogP contribution >= 0.6 is 28.3 Å². The molecular weight excluding hydrogens is 436 g/mol. The molecule has 0 spiro atoms. The molecule has 1 aliphatic heterocycles. The summed E-state index contributed by atoms with van der Waals surface area (Å²) in [6, 6.07) is 16.5. The van der Waals surface area contributed by atoms with Crippen LogP contribution in [0.4, 0.5) is 5.69 Å². The highest BCUT2D eigenvalue weighted by Gasteiger charge is 2.23. The molecule has 7 heteroatoms. The van der Waals surface area contributed by atoms with Gasteiger partial charge in [-0.05, 0) is 30.7 Å². The Kier molecular flexibility index (Phi) is 7.29. The summed E-state index contributed by atoms with van der Waals surface area (Å²) in [5.41, 5.74) is 8.75. The zero-order valence-corrected chi connectivity index (χ0v) is 18.6. The van der Waals surface area contributed by atoms with Crippen LogP contribution in [-0.2, 0) is 6.42 Å². The molecule has 1 atom stereocenters. The number of methoxy groups -OCH3 is 1. The van der Waals surface area contributed by atoms with Gasteiger partial charge in [-0.25, -0.2) is 4.98 Å². The van der Waals surface area contributed by atoms with Crippen LogP contribution in [0.3, 0.4) is 0 Å². The number of nitrogens with two attached hydrogens (primary N) is 1. The quantitative estimate of drug-likeness (QED) is 0.601. The van der Waals surface area contributed by atoms with Crippen molar-refractivity contribution in [3.05, 3.63) is 53.5 Å². The molecule has 2 aromatic carbocycles. The number of aromatic nitrogens is 1. The first-order chi connectivity index (χ1) is 13.2. The molecule has 1 unspecified atom stereocenters. The lowest BCUT2D eigenvalue weighted by atomic mass is 10.2. The molecule has 0 amide bonds. The smallest absolute Gasteiger partial charge is 0.142 e. The number of benzene rings is 2. The van der Waals surface area contributed by atoms with Crippen LogP contribution in [0.2, 0.25) is 0 Å².